The number of urea groups is 1. The van der Waals surface area contributed by atoms with Crippen LogP contribution in [-0.2, 0) is 9.59 Å². The van der Waals surface area contributed by atoms with E-state index in [1.165, 1.54) is 4.90 Å². The minimum Gasteiger partial charge on any atom is -0.472 e. The summed E-state index contributed by atoms with van der Waals surface area (Å²) in [5.41, 5.74) is 0. The zero-order valence-electron chi connectivity index (χ0n) is 15.1. The number of ether oxygens (including phenoxy) is 1. The first-order chi connectivity index (χ1) is 12.5. The van der Waals surface area contributed by atoms with Crippen molar-refractivity contribution < 1.29 is 19.1 Å². The zero-order chi connectivity index (χ0) is 18.7. The molecule has 26 heavy (non-hydrogen) atoms. The fourth-order valence-corrected chi connectivity index (χ4v) is 3.21. The van der Waals surface area contributed by atoms with E-state index in [1.807, 2.05) is 6.92 Å². The van der Waals surface area contributed by atoms with Gasteiger partial charge in [-0.3, -0.25) is 14.5 Å². The molecule has 3 heterocycles. The summed E-state index contributed by atoms with van der Waals surface area (Å²) in [7, 11) is 0. The van der Waals surface area contributed by atoms with E-state index in [0.29, 0.717) is 37.9 Å². The Hall–Kier alpha value is -2.71. The second-order valence-corrected chi connectivity index (χ2v) is 6.39. The summed E-state index contributed by atoms with van der Waals surface area (Å²) in [6, 6.07) is 1.26. The van der Waals surface area contributed by atoms with Crippen molar-refractivity contribution in [2.24, 2.45) is 0 Å². The molecule has 2 aliphatic heterocycles. The molecule has 0 aliphatic carbocycles. The molecule has 4 amide bonds. The quantitative estimate of drug-likeness (QED) is 0.725. The molecule has 1 unspecified atom stereocenters. The number of aromatic nitrogens is 2. The normalized spacial score (nSPS) is 21.2. The molecule has 0 bridgehead atoms. The van der Waals surface area contributed by atoms with Crippen molar-refractivity contribution in [1.29, 1.82) is 0 Å². The van der Waals surface area contributed by atoms with Crippen LogP contribution in [0.3, 0.4) is 0 Å². The summed E-state index contributed by atoms with van der Waals surface area (Å²) in [5, 5.41) is 0. The van der Waals surface area contributed by atoms with Crippen molar-refractivity contribution in [2.75, 3.05) is 32.7 Å². The van der Waals surface area contributed by atoms with Gasteiger partial charge in [0.15, 0.2) is 0 Å². The number of imide groups is 1. The summed E-state index contributed by atoms with van der Waals surface area (Å²) >= 11 is 0. The summed E-state index contributed by atoms with van der Waals surface area (Å²) in [6.45, 7) is 5.55. The SMILES string of the molecule is CCN1CCN(C(=O)N2CCCC(Oc3ccnc(C)n3)C2)C(=O)C1=O. The standard InChI is InChI=1S/C17H23N5O4/c1-3-20-9-10-22(16(24)15(20)23)17(25)21-8-4-5-13(11-21)26-14-6-7-18-12(2)19-14/h6-7,13H,3-5,8-11H2,1-2H3. The molecule has 1 atom stereocenters. The van der Waals surface area contributed by atoms with Gasteiger partial charge in [-0.05, 0) is 26.7 Å². The first kappa shape index (κ1) is 18.1. The molecular weight excluding hydrogens is 338 g/mol. The first-order valence-electron chi connectivity index (χ1n) is 8.85. The van der Waals surface area contributed by atoms with Gasteiger partial charge in [-0.1, -0.05) is 0 Å². The lowest BCUT2D eigenvalue weighted by Crippen LogP contribution is -2.60. The van der Waals surface area contributed by atoms with E-state index in [0.717, 1.165) is 17.7 Å². The average Bonchev–Trinajstić information content (AvgIpc) is 2.64. The zero-order valence-corrected chi connectivity index (χ0v) is 15.1. The van der Waals surface area contributed by atoms with Gasteiger partial charge < -0.3 is 14.5 Å². The van der Waals surface area contributed by atoms with Crippen LogP contribution in [0.5, 0.6) is 5.88 Å². The Labute approximate surface area is 151 Å². The van der Waals surface area contributed by atoms with E-state index >= 15 is 0 Å². The van der Waals surface area contributed by atoms with Gasteiger partial charge in [0, 0.05) is 38.4 Å². The van der Waals surface area contributed by atoms with Crippen molar-refractivity contribution >= 4 is 17.8 Å². The average molecular weight is 361 g/mol. The van der Waals surface area contributed by atoms with Crippen LogP contribution < -0.4 is 4.74 Å². The number of likely N-dealkylation sites (tertiary alicyclic amines) is 1. The number of rotatable bonds is 3. The van der Waals surface area contributed by atoms with Crippen molar-refractivity contribution in [3.8, 4) is 5.88 Å². The second kappa shape index (κ2) is 7.67. The molecule has 2 aliphatic rings. The van der Waals surface area contributed by atoms with Crippen LogP contribution in [0.1, 0.15) is 25.6 Å². The Morgan fingerprint density at radius 3 is 2.81 bits per heavy atom. The maximum atomic E-state index is 12.7. The van der Waals surface area contributed by atoms with E-state index in [4.69, 9.17) is 4.74 Å². The molecule has 0 N–H and O–H groups in total. The molecule has 0 aromatic carbocycles. The Bertz CT molecular complexity index is 710. The largest absolute Gasteiger partial charge is 0.472 e. The maximum absolute atomic E-state index is 12.7. The van der Waals surface area contributed by atoms with E-state index in [9.17, 15) is 14.4 Å². The van der Waals surface area contributed by atoms with E-state index in [2.05, 4.69) is 9.97 Å². The van der Waals surface area contributed by atoms with Crippen molar-refractivity contribution in [1.82, 2.24) is 24.7 Å². The molecule has 2 saturated heterocycles. The predicted molar refractivity (Wildman–Crippen MR) is 91.4 cm³/mol. The van der Waals surface area contributed by atoms with Gasteiger partial charge in [-0.2, -0.15) is 4.98 Å². The molecule has 2 fully saturated rings. The molecule has 1 aromatic rings. The highest BCUT2D eigenvalue weighted by molar-refractivity contribution is 6.38. The van der Waals surface area contributed by atoms with Gasteiger partial charge in [0.1, 0.15) is 11.9 Å². The number of carbonyl (C=O) groups excluding carboxylic acids is 3. The van der Waals surface area contributed by atoms with Crippen molar-refractivity contribution in [2.45, 2.75) is 32.8 Å². The molecule has 0 radical (unpaired) electrons. The van der Waals surface area contributed by atoms with Crippen LogP contribution in [0.25, 0.3) is 0 Å². The number of nitrogens with zero attached hydrogens (tertiary/aromatic N) is 5. The Morgan fingerprint density at radius 1 is 1.27 bits per heavy atom. The third kappa shape index (κ3) is 3.76. The van der Waals surface area contributed by atoms with Crippen LogP contribution in [-0.4, -0.2) is 81.3 Å². The number of amides is 4. The lowest BCUT2D eigenvalue weighted by Gasteiger charge is -2.38. The number of hydrogen-bond acceptors (Lipinski definition) is 6. The van der Waals surface area contributed by atoms with Crippen molar-refractivity contribution in [3.05, 3.63) is 18.1 Å². The fourth-order valence-electron chi connectivity index (χ4n) is 3.21. The van der Waals surface area contributed by atoms with Gasteiger partial charge in [0.2, 0.25) is 5.88 Å². The number of likely N-dealkylation sites (N-methyl/N-ethyl adjacent to an activating group) is 1. The van der Waals surface area contributed by atoms with Gasteiger partial charge in [-0.25, -0.2) is 9.78 Å². The number of piperazine rings is 1. The summed E-state index contributed by atoms with van der Waals surface area (Å²) in [5.74, 6) is -0.283. The Morgan fingerprint density at radius 2 is 2.08 bits per heavy atom. The maximum Gasteiger partial charge on any atom is 0.327 e. The summed E-state index contributed by atoms with van der Waals surface area (Å²) in [6.07, 6.45) is 2.98. The van der Waals surface area contributed by atoms with Crippen LogP contribution >= 0.6 is 0 Å². The minimum atomic E-state index is -0.752. The Kier molecular flexibility index (Phi) is 5.34. The predicted octanol–water partition coefficient (Wildman–Crippen LogP) is 0.439. The molecule has 140 valence electrons. The highest BCUT2D eigenvalue weighted by atomic mass is 16.5. The van der Waals surface area contributed by atoms with Crippen LogP contribution in [0.2, 0.25) is 0 Å². The van der Waals surface area contributed by atoms with Gasteiger partial charge in [-0.15, -0.1) is 0 Å². The van der Waals surface area contributed by atoms with Crippen LogP contribution in [0.15, 0.2) is 12.3 Å². The van der Waals surface area contributed by atoms with Crippen LogP contribution in [0, 0.1) is 6.92 Å². The van der Waals surface area contributed by atoms with Gasteiger partial charge in [0.25, 0.3) is 0 Å². The molecule has 9 heteroatoms. The number of hydrogen-bond donors (Lipinski definition) is 0. The van der Waals surface area contributed by atoms with Crippen LogP contribution in [0.4, 0.5) is 4.79 Å². The summed E-state index contributed by atoms with van der Waals surface area (Å²) < 4.78 is 5.86. The smallest absolute Gasteiger partial charge is 0.327 e. The highest BCUT2D eigenvalue weighted by Gasteiger charge is 2.38. The number of piperidine rings is 1. The topological polar surface area (TPSA) is 95.9 Å². The fraction of sp³-hybridized carbons (Fsp3) is 0.588. The van der Waals surface area contributed by atoms with E-state index in [-0.39, 0.29) is 12.6 Å². The molecule has 9 nitrogen and oxygen atoms in total. The molecule has 3 rings (SSSR count). The third-order valence-electron chi connectivity index (χ3n) is 4.61. The second-order valence-electron chi connectivity index (χ2n) is 6.39. The summed E-state index contributed by atoms with van der Waals surface area (Å²) in [4.78, 5) is 49.3. The van der Waals surface area contributed by atoms with Gasteiger partial charge >= 0.3 is 17.8 Å². The van der Waals surface area contributed by atoms with E-state index in [1.54, 1.807) is 24.1 Å². The Balaban J connectivity index is 1.63. The van der Waals surface area contributed by atoms with Gasteiger partial charge in [0.05, 0.1) is 6.54 Å². The number of aryl methyl sites for hydroxylation is 1. The third-order valence-corrected chi connectivity index (χ3v) is 4.61. The van der Waals surface area contributed by atoms with E-state index < -0.39 is 17.8 Å². The van der Waals surface area contributed by atoms with Crippen molar-refractivity contribution in [3.63, 3.8) is 0 Å². The molecule has 0 saturated carbocycles. The lowest BCUT2D eigenvalue weighted by molar-refractivity contribution is -0.154. The monoisotopic (exact) mass is 361 g/mol. The molecule has 0 spiro atoms. The lowest BCUT2D eigenvalue weighted by atomic mass is 10.1. The highest BCUT2D eigenvalue weighted by Crippen LogP contribution is 2.19. The molecular formula is C17H23N5O4. The first-order valence-corrected chi connectivity index (χ1v) is 8.85. The molecule has 1 aromatic heterocycles. The minimum absolute atomic E-state index is 0.204. The number of carbonyl (C=O) groups is 3.